The summed E-state index contributed by atoms with van der Waals surface area (Å²) < 4.78 is 5.86. The fourth-order valence-electron chi connectivity index (χ4n) is 6.16. The minimum Gasteiger partial charge on any atom is -0.484 e. The smallest absolute Gasteiger partial charge is 0.262 e. The molecule has 2 aromatic rings. The quantitative estimate of drug-likeness (QED) is 0.453. The summed E-state index contributed by atoms with van der Waals surface area (Å²) >= 11 is 5.92. The highest BCUT2D eigenvalue weighted by Crippen LogP contribution is 2.54. The van der Waals surface area contributed by atoms with Crippen LogP contribution in [-0.4, -0.2) is 36.0 Å². The van der Waals surface area contributed by atoms with E-state index in [1.165, 1.54) is 0 Å². The lowest BCUT2D eigenvalue weighted by Crippen LogP contribution is -2.43. The lowest BCUT2D eigenvalue weighted by molar-refractivity contribution is -0.120. The summed E-state index contributed by atoms with van der Waals surface area (Å²) in [7, 11) is 2.00. The Balaban J connectivity index is 1.47. The predicted octanol–water partition coefficient (Wildman–Crippen LogP) is 6.67. The normalized spacial score (nSPS) is 20.5. The first-order chi connectivity index (χ1) is 18.3. The number of allylic oxidation sites excluding steroid dienone is 4. The van der Waals surface area contributed by atoms with E-state index >= 15 is 0 Å². The Labute approximate surface area is 235 Å². The van der Waals surface area contributed by atoms with Gasteiger partial charge in [0, 0.05) is 59.1 Å². The van der Waals surface area contributed by atoms with Crippen molar-refractivity contribution in [1.29, 1.82) is 0 Å². The third-order valence-corrected chi connectivity index (χ3v) is 8.12. The van der Waals surface area contributed by atoms with Crippen LogP contribution >= 0.6 is 11.6 Å². The third kappa shape index (κ3) is 5.53. The molecule has 0 unspecified atom stereocenters. The Hall–Kier alpha value is -3.38. The molecule has 1 N–H and O–H groups in total. The van der Waals surface area contributed by atoms with Gasteiger partial charge in [0.05, 0.1) is 0 Å². The molecule has 0 radical (unpaired) electrons. The Bertz CT molecular complexity index is 1360. The zero-order chi connectivity index (χ0) is 28.1. The van der Waals surface area contributed by atoms with Crippen LogP contribution in [0.15, 0.2) is 71.1 Å². The maximum Gasteiger partial charge on any atom is 0.262 e. The number of halogens is 1. The summed E-state index contributed by atoms with van der Waals surface area (Å²) in [5.41, 5.74) is 4.64. The topological polar surface area (TPSA) is 75.7 Å². The standard InChI is InChI=1S/C32H35ClN2O4/c1-31(2)14-23-29(25(36)16-31)28(30-24(35(23)5)15-32(3,4)17-26(30)37)19-7-6-8-22(13-19)39-18-27(38)34-21-11-9-20(33)10-12-21/h6-13,28H,14-18H2,1-5H3,(H,34,38). The van der Waals surface area contributed by atoms with Crippen LogP contribution in [0.4, 0.5) is 5.69 Å². The van der Waals surface area contributed by atoms with Crippen molar-refractivity contribution < 1.29 is 19.1 Å². The highest BCUT2D eigenvalue weighted by atomic mass is 35.5. The molecule has 1 amide bonds. The van der Waals surface area contributed by atoms with Gasteiger partial charge in [-0.15, -0.1) is 0 Å². The lowest BCUT2D eigenvalue weighted by Gasteiger charge is -2.47. The Morgan fingerprint density at radius 1 is 0.923 bits per heavy atom. The highest BCUT2D eigenvalue weighted by molar-refractivity contribution is 6.30. The van der Waals surface area contributed by atoms with Crippen LogP contribution in [0.5, 0.6) is 5.75 Å². The number of benzene rings is 2. The zero-order valence-corrected chi connectivity index (χ0v) is 23.9. The van der Waals surface area contributed by atoms with E-state index in [1.807, 2.05) is 25.2 Å². The number of ketones is 2. The van der Waals surface area contributed by atoms with Crippen molar-refractivity contribution in [3.63, 3.8) is 0 Å². The summed E-state index contributed by atoms with van der Waals surface area (Å²) in [6.07, 6.45) is 2.43. The molecule has 0 spiro atoms. The molecule has 0 saturated carbocycles. The van der Waals surface area contributed by atoms with Crippen LogP contribution in [0, 0.1) is 10.8 Å². The van der Waals surface area contributed by atoms with Gasteiger partial charge in [0.2, 0.25) is 0 Å². The molecule has 0 saturated heterocycles. The van der Waals surface area contributed by atoms with E-state index in [4.69, 9.17) is 16.3 Å². The number of hydrogen-bond acceptors (Lipinski definition) is 5. The average Bonchev–Trinajstić information content (AvgIpc) is 2.84. The van der Waals surface area contributed by atoms with Gasteiger partial charge < -0.3 is 15.0 Å². The van der Waals surface area contributed by atoms with Crippen molar-refractivity contribution in [1.82, 2.24) is 4.90 Å². The minimum absolute atomic E-state index is 0.0935. The van der Waals surface area contributed by atoms with Crippen LogP contribution in [0.1, 0.15) is 64.9 Å². The molecule has 6 nitrogen and oxygen atoms in total. The monoisotopic (exact) mass is 546 g/mol. The third-order valence-electron chi connectivity index (χ3n) is 7.87. The zero-order valence-electron chi connectivity index (χ0n) is 23.2. The second-order valence-corrected chi connectivity index (χ2v) is 12.9. The second kappa shape index (κ2) is 9.98. The van der Waals surface area contributed by atoms with E-state index in [9.17, 15) is 14.4 Å². The molecule has 0 aromatic heterocycles. The number of nitrogens with one attached hydrogen (secondary N) is 1. The van der Waals surface area contributed by atoms with Gasteiger partial charge in [0.1, 0.15) is 5.75 Å². The number of carbonyl (C=O) groups is 3. The van der Waals surface area contributed by atoms with Crippen LogP contribution < -0.4 is 10.1 Å². The summed E-state index contributed by atoms with van der Waals surface area (Å²) in [6, 6.07) is 14.3. The average molecular weight is 547 g/mol. The molecular weight excluding hydrogens is 512 g/mol. The van der Waals surface area contributed by atoms with Crippen molar-refractivity contribution in [2.45, 2.75) is 59.3 Å². The van der Waals surface area contributed by atoms with E-state index in [0.29, 0.717) is 29.3 Å². The summed E-state index contributed by atoms with van der Waals surface area (Å²) in [6.45, 7) is 8.32. The van der Waals surface area contributed by atoms with Crippen molar-refractivity contribution >= 4 is 34.8 Å². The molecule has 0 fully saturated rings. The molecule has 7 heteroatoms. The van der Waals surface area contributed by atoms with Crippen molar-refractivity contribution in [3.05, 3.63) is 81.7 Å². The lowest BCUT2D eigenvalue weighted by atomic mass is 9.64. The Morgan fingerprint density at radius 2 is 1.49 bits per heavy atom. The van der Waals surface area contributed by atoms with Crippen LogP contribution in [-0.2, 0) is 14.4 Å². The van der Waals surface area contributed by atoms with Gasteiger partial charge in [0.25, 0.3) is 5.91 Å². The number of amides is 1. The summed E-state index contributed by atoms with van der Waals surface area (Å²) in [5, 5.41) is 3.38. The number of anilines is 1. The van der Waals surface area contributed by atoms with Crippen molar-refractivity contribution in [3.8, 4) is 5.75 Å². The van der Waals surface area contributed by atoms with Gasteiger partial charge in [-0.2, -0.15) is 0 Å². The van der Waals surface area contributed by atoms with Gasteiger partial charge in [-0.1, -0.05) is 51.4 Å². The van der Waals surface area contributed by atoms with Crippen LogP contribution in [0.25, 0.3) is 0 Å². The largest absolute Gasteiger partial charge is 0.484 e. The van der Waals surface area contributed by atoms with Crippen LogP contribution in [0.2, 0.25) is 5.02 Å². The number of Topliss-reactive ketones (excluding diaryl/α,β-unsaturated/α-hetero) is 2. The molecule has 1 aliphatic heterocycles. The minimum atomic E-state index is -0.440. The molecule has 39 heavy (non-hydrogen) atoms. The fourth-order valence-corrected chi connectivity index (χ4v) is 6.29. The maximum atomic E-state index is 13.7. The highest BCUT2D eigenvalue weighted by Gasteiger charge is 2.48. The summed E-state index contributed by atoms with van der Waals surface area (Å²) in [5.74, 6) is -0.0442. The molecular formula is C32H35ClN2O4. The molecule has 3 aliphatic rings. The number of rotatable bonds is 5. The Morgan fingerprint density at radius 3 is 2.05 bits per heavy atom. The molecule has 0 bridgehead atoms. The first-order valence-electron chi connectivity index (χ1n) is 13.4. The number of nitrogens with zero attached hydrogens (tertiary/aromatic N) is 1. The fraction of sp³-hybridized carbons (Fsp3) is 0.406. The van der Waals surface area contributed by atoms with E-state index < -0.39 is 5.92 Å². The molecule has 204 valence electrons. The van der Waals surface area contributed by atoms with E-state index in [2.05, 4.69) is 37.9 Å². The maximum absolute atomic E-state index is 13.7. The number of carbonyl (C=O) groups excluding carboxylic acids is 3. The van der Waals surface area contributed by atoms with E-state index in [-0.39, 0.29) is 34.9 Å². The number of hydrogen-bond donors (Lipinski definition) is 1. The molecule has 2 aromatic carbocycles. The van der Waals surface area contributed by atoms with E-state index in [0.717, 1.165) is 40.9 Å². The van der Waals surface area contributed by atoms with Gasteiger partial charge in [-0.25, -0.2) is 0 Å². The Kier molecular flexibility index (Phi) is 6.96. The van der Waals surface area contributed by atoms with Crippen LogP contribution in [0.3, 0.4) is 0 Å². The van der Waals surface area contributed by atoms with Crippen molar-refractivity contribution in [2.24, 2.45) is 10.8 Å². The predicted molar refractivity (Wildman–Crippen MR) is 153 cm³/mol. The van der Waals surface area contributed by atoms with Gasteiger partial charge >= 0.3 is 0 Å². The SMILES string of the molecule is CN1C2=C(C(=O)CC(C)(C)C2)C(c2cccc(OCC(=O)Nc3ccc(Cl)cc3)c2)C2=C1CC(C)(C)CC2=O. The molecule has 5 rings (SSSR count). The van der Waals surface area contributed by atoms with Gasteiger partial charge in [-0.05, 0) is 65.6 Å². The first kappa shape index (κ1) is 27.2. The molecule has 0 atom stereocenters. The summed E-state index contributed by atoms with van der Waals surface area (Å²) in [4.78, 5) is 42.0. The van der Waals surface area contributed by atoms with Gasteiger partial charge in [-0.3, -0.25) is 14.4 Å². The molecule has 2 aliphatic carbocycles. The van der Waals surface area contributed by atoms with E-state index in [1.54, 1.807) is 30.3 Å². The molecule has 1 heterocycles. The van der Waals surface area contributed by atoms with Crippen molar-refractivity contribution in [2.75, 3.05) is 19.0 Å². The van der Waals surface area contributed by atoms with Gasteiger partial charge in [0.15, 0.2) is 18.2 Å². The number of ether oxygens (including phenoxy) is 1. The second-order valence-electron chi connectivity index (χ2n) is 12.5. The first-order valence-corrected chi connectivity index (χ1v) is 13.8.